The molecular formula is C23H38O. The van der Waals surface area contributed by atoms with E-state index in [-0.39, 0.29) is 0 Å². The van der Waals surface area contributed by atoms with Gasteiger partial charge < -0.3 is 4.79 Å². The highest BCUT2D eigenvalue weighted by Gasteiger charge is 2.51. The van der Waals surface area contributed by atoms with Gasteiger partial charge in [0, 0.05) is 6.42 Å². The number of hydrogen-bond acceptors (Lipinski definition) is 1. The Bertz CT molecular complexity index is 522. The summed E-state index contributed by atoms with van der Waals surface area (Å²) in [7, 11) is 0. The van der Waals surface area contributed by atoms with E-state index in [1.54, 1.807) is 12.5 Å². The lowest BCUT2D eigenvalue weighted by Crippen LogP contribution is -2.48. The Hall–Kier alpha value is -0.850. The molecule has 3 atom stereocenters. The Kier molecular flexibility index (Phi) is 6.15. The number of fused-ring (bicyclic) bond motifs is 1. The lowest BCUT2D eigenvalue weighted by Gasteiger charge is -2.57. The minimum absolute atomic E-state index is 0.296. The van der Waals surface area contributed by atoms with Crippen LogP contribution in [-0.2, 0) is 4.79 Å². The molecule has 0 aliphatic heterocycles. The predicted octanol–water partition coefficient (Wildman–Crippen LogP) is 6.88. The number of carbonyl (C=O) groups excluding carboxylic acids is 1. The van der Waals surface area contributed by atoms with E-state index < -0.39 is 0 Å². The SMILES string of the molecule is CC(=O)CCC=C(C)CC[C@@H]1C(C)=CC[C@@H]2C(C)(C)CCC[C@]12C. The van der Waals surface area contributed by atoms with E-state index in [4.69, 9.17) is 0 Å². The van der Waals surface area contributed by atoms with Crippen molar-refractivity contribution in [3.05, 3.63) is 23.3 Å². The van der Waals surface area contributed by atoms with Crippen molar-refractivity contribution in [3.63, 3.8) is 0 Å². The Morgan fingerprint density at radius 3 is 2.58 bits per heavy atom. The summed E-state index contributed by atoms with van der Waals surface area (Å²) in [5.74, 6) is 1.85. The minimum atomic E-state index is 0.296. The molecule has 0 aromatic heterocycles. The number of carbonyl (C=O) groups is 1. The van der Waals surface area contributed by atoms with Crippen molar-refractivity contribution in [2.45, 2.75) is 92.9 Å². The van der Waals surface area contributed by atoms with Crippen LogP contribution in [0.3, 0.4) is 0 Å². The van der Waals surface area contributed by atoms with Gasteiger partial charge in [-0.2, -0.15) is 0 Å². The number of rotatable bonds is 6. The second-order valence-corrected chi connectivity index (χ2v) is 9.47. The normalized spacial score (nSPS) is 32.9. The first-order chi connectivity index (χ1) is 11.2. The maximum atomic E-state index is 11.1. The van der Waals surface area contributed by atoms with Crippen molar-refractivity contribution in [1.82, 2.24) is 0 Å². The smallest absolute Gasteiger partial charge is 0.130 e. The van der Waals surface area contributed by atoms with E-state index in [2.05, 4.69) is 46.8 Å². The molecule has 2 rings (SSSR count). The average Bonchev–Trinajstić information content (AvgIpc) is 2.45. The molecule has 0 radical (unpaired) electrons. The van der Waals surface area contributed by atoms with Gasteiger partial charge in [-0.15, -0.1) is 0 Å². The summed E-state index contributed by atoms with van der Waals surface area (Å²) in [5, 5.41) is 0. The van der Waals surface area contributed by atoms with Gasteiger partial charge in [0.15, 0.2) is 0 Å². The molecule has 0 heterocycles. The molecule has 0 N–H and O–H groups in total. The van der Waals surface area contributed by atoms with E-state index in [9.17, 15) is 4.79 Å². The van der Waals surface area contributed by atoms with Crippen LogP contribution in [0.15, 0.2) is 23.3 Å². The molecule has 24 heavy (non-hydrogen) atoms. The molecule has 2 aliphatic rings. The van der Waals surface area contributed by atoms with Gasteiger partial charge in [0.1, 0.15) is 5.78 Å². The van der Waals surface area contributed by atoms with Gasteiger partial charge in [-0.25, -0.2) is 0 Å². The van der Waals surface area contributed by atoms with Crippen molar-refractivity contribution in [2.75, 3.05) is 0 Å². The van der Waals surface area contributed by atoms with Gasteiger partial charge in [0.2, 0.25) is 0 Å². The highest BCUT2D eigenvalue weighted by Crippen LogP contribution is 2.60. The van der Waals surface area contributed by atoms with Crippen LogP contribution in [0, 0.1) is 22.7 Å². The fourth-order valence-electron chi connectivity index (χ4n) is 5.69. The van der Waals surface area contributed by atoms with Crippen molar-refractivity contribution >= 4 is 5.78 Å². The molecule has 2 aliphatic carbocycles. The van der Waals surface area contributed by atoms with Crippen molar-refractivity contribution in [1.29, 1.82) is 0 Å². The van der Waals surface area contributed by atoms with Gasteiger partial charge >= 0.3 is 0 Å². The molecule has 0 bridgehead atoms. The zero-order valence-electron chi connectivity index (χ0n) is 16.9. The second kappa shape index (κ2) is 7.58. The number of allylic oxidation sites excluding steroid dienone is 4. The standard InChI is InChI=1S/C23H38O/c1-17(9-7-10-19(3)24)11-13-20-18(2)12-14-21-22(4,5)15-8-16-23(20,21)6/h9,12,20-21H,7-8,10-11,13-16H2,1-6H3/t20-,21-,23-/m1/s1. The third-order valence-electron chi connectivity index (χ3n) is 7.11. The monoisotopic (exact) mass is 330 g/mol. The van der Waals surface area contributed by atoms with E-state index >= 15 is 0 Å². The first-order valence-corrected chi connectivity index (χ1v) is 9.98. The lowest BCUT2D eigenvalue weighted by molar-refractivity contribution is -0.116. The summed E-state index contributed by atoms with van der Waals surface area (Å²) in [5.41, 5.74) is 4.04. The summed E-state index contributed by atoms with van der Waals surface area (Å²) in [6.07, 6.45) is 14.3. The molecule has 1 saturated carbocycles. The van der Waals surface area contributed by atoms with E-state index in [1.807, 2.05) is 0 Å². The third-order valence-corrected chi connectivity index (χ3v) is 7.11. The number of Topliss-reactive ketones (excluding diaryl/α,β-unsaturated/α-hetero) is 1. The van der Waals surface area contributed by atoms with Crippen LogP contribution < -0.4 is 0 Å². The Morgan fingerprint density at radius 2 is 1.92 bits per heavy atom. The lowest BCUT2D eigenvalue weighted by atomic mass is 9.48. The Morgan fingerprint density at radius 1 is 1.21 bits per heavy atom. The fourth-order valence-corrected chi connectivity index (χ4v) is 5.69. The minimum Gasteiger partial charge on any atom is -0.300 e. The average molecular weight is 331 g/mol. The number of hydrogen-bond donors (Lipinski definition) is 0. The van der Waals surface area contributed by atoms with Crippen molar-refractivity contribution in [3.8, 4) is 0 Å². The van der Waals surface area contributed by atoms with Gasteiger partial charge in [-0.05, 0) is 82.0 Å². The molecular weight excluding hydrogens is 292 g/mol. The van der Waals surface area contributed by atoms with Crippen LogP contribution in [-0.4, -0.2) is 5.78 Å². The summed E-state index contributed by atoms with van der Waals surface area (Å²) in [6, 6.07) is 0. The van der Waals surface area contributed by atoms with Crippen molar-refractivity contribution in [2.24, 2.45) is 22.7 Å². The van der Waals surface area contributed by atoms with Crippen LogP contribution >= 0.6 is 0 Å². The van der Waals surface area contributed by atoms with E-state index in [1.165, 1.54) is 44.1 Å². The summed E-state index contributed by atoms with van der Waals surface area (Å²) < 4.78 is 0. The third kappa shape index (κ3) is 4.21. The quantitative estimate of drug-likeness (QED) is 0.485. The molecule has 0 unspecified atom stereocenters. The summed E-state index contributed by atoms with van der Waals surface area (Å²) in [4.78, 5) is 11.1. The molecule has 0 amide bonds. The first-order valence-electron chi connectivity index (χ1n) is 9.98. The highest BCUT2D eigenvalue weighted by atomic mass is 16.1. The molecule has 0 saturated heterocycles. The van der Waals surface area contributed by atoms with Crippen molar-refractivity contribution < 1.29 is 4.79 Å². The highest BCUT2D eigenvalue weighted by molar-refractivity contribution is 5.75. The predicted molar refractivity (Wildman–Crippen MR) is 104 cm³/mol. The molecule has 1 nitrogen and oxygen atoms in total. The number of ketones is 1. The van der Waals surface area contributed by atoms with Gasteiger partial charge in [0.05, 0.1) is 0 Å². The zero-order chi connectivity index (χ0) is 18.0. The Labute approximate surface area is 150 Å². The maximum Gasteiger partial charge on any atom is 0.130 e. The molecule has 136 valence electrons. The van der Waals surface area contributed by atoms with Crippen LogP contribution in [0.25, 0.3) is 0 Å². The first kappa shape index (κ1) is 19.5. The van der Waals surface area contributed by atoms with Crippen LogP contribution in [0.4, 0.5) is 0 Å². The topological polar surface area (TPSA) is 17.1 Å². The van der Waals surface area contributed by atoms with Gasteiger partial charge in [-0.1, -0.05) is 50.5 Å². The molecule has 1 heteroatoms. The zero-order valence-corrected chi connectivity index (χ0v) is 16.9. The van der Waals surface area contributed by atoms with Crippen LogP contribution in [0.5, 0.6) is 0 Å². The van der Waals surface area contributed by atoms with Gasteiger partial charge in [0.25, 0.3) is 0 Å². The van der Waals surface area contributed by atoms with Crippen LogP contribution in [0.1, 0.15) is 92.9 Å². The molecule has 0 aromatic carbocycles. The maximum absolute atomic E-state index is 11.1. The molecule has 0 spiro atoms. The molecule has 1 fully saturated rings. The largest absolute Gasteiger partial charge is 0.300 e. The molecule has 0 aromatic rings. The van der Waals surface area contributed by atoms with Crippen LogP contribution in [0.2, 0.25) is 0 Å². The Balaban J connectivity index is 2.06. The van der Waals surface area contributed by atoms with E-state index in [0.717, 1.165) is 18.3 Å². The van der Waals surface area contributed by atoms with Gasteiger partial charge in [-0.3, -0.25) is 0 Å². The van der Waals surface area contributed by atoms with E-state index in [0.29, 0.717) is 23.0 Å². The fraction of sp³-hybridized carbons (Fsp3) is 0.783. The second-order valence-electron chi connectivity index (χ2n) is 9.47. The summed E-state index contributed by atoms with van der Waals surface area (Å²) in [6.45, 7) is 13.9. The summed E-state index contributed by atoms with van der Waals surface area (Å²) >= 11 is 0.